The molecule has 19 heavy (non-hydrogen) atoms. The van der Waals surface area contributed by atoms with Crippen molar-refractivity contribution in [2.75, 3.05) is 13.2 Å². The Kier molecular flexibility index (Phi) is 2.93. The molecule has 0 spiro atoms. The maximum Gasteiger partial charge on any atom is 0.411 e. The standard InChI is InChI=1S/C15H17NO3/c1-10-2-5-13(16(9-10)15(17)18)12-4-3-11-6-7-19-14(11)8-12/h3-5,8,10H,2,6-7,9H2,1H3,(H,17,18). The van der Waals surface area contributed by atoms with Gasteiger partial charge in [-0.25, -0.2) is 4.79 Å². The molecular formula is C15H17NO3. The Hall–Kier alpha value is -1.97. The first-order valence-corrected chi connectivity index (χ1v) is 6.62. The van der Waals surface area contributed by atoms with Crippen LogP contribution in [0.15, 0.2) is 24.3 Å². The molecule has 1 aromatic carbocycles. The van der Waals surface area contributed by atoms with Gasteiger partial charge in [-0.15, -0.1) is 0 Å². The Balaban J connectivity index is 1.97. The first kappa shape index (κ1) is 12.1. The number of fused-ring (bicyclic) bond motifs is 1. The van der Waals surface area contributed by atoms with Crippen LogP contribution in [0, 0.1) is 5.92 Å². The van der Waals surface area contributed by atoms with Gasteiger partial charge in [0.15, 0.2) is 0 Å². The number of carbonyl (C=O) groups is 1. The smallest absolute Gasteiger partial charge is 0.411 e. The molecular weight excluding hydrogens is 242 g/mol. The number of allylic oxidation sites excluding steroid dienone is 1. The molecule has 4 heteroatoms. The van der Waals surface area contributed by atoms with Crippen molar-refractivity contribution in [3.63, 3.8) is 0 Å². The lowest BCUT2D eigenvalue weighted by atomic mass is 9.97. The van der Waals surface area contributed by atoms with Crippen LogP contribution >= 0.6 is 0 Å². The molecule has 0 radical (unpaired) electrons. The maximum absolute atomic E-state index is 11.4. The summed E-state index contributed by atoms with van der Waals surface area (Å²) in [5.41, 5.74) is 2.91. The van der Waals surface area contributed by atoms with E-state index >= 15 is 0 Å². The number of nitrogens with zero attached hydrogens (tertiary/aromatic N) is 1. The number of amides is 1. The molecule has 0 aromatic heterocycles. The molecule has 1 atom stereocenters. The van der Waals surface area contributed by atoms with E-state index in [1.807, 2.05) is 24.3 Å². The van der Waals surface area contributed by atoms with Crippen LogP contribution < -0.4 is 4.74 Å². The minimum absolute atomic E-state index is 0.366. The van der Waals surface area contributed by atoms with Crippen LogP contribution in [0.3, 0.4) is 0 Å². The van der Waals surface area contributed by atoms with Crippen molar-refractivity contribution in [3.05, 3.63) is 35.4 Å². The van der Waals surface area contributed by atoms with Gasteiger partial charge in [0.05, 0.1) is 12.3 Å². The number of hydrogen-bond acceptors (Lipinski definition) is 2. The second kappa shape index (κ2) is 4.61. The number of ether oxygens (including phenoxy) is 1. The van der Waals surface area contributed by atoms with Gasteiger partial charge in [-0.1, -0.05) is 25.1 Å². The third-order valence-corrected chi connectivity index (χ3v) is 3.72. The molecule has 100 valence electrons. The predicted octanol–water partition coefficient (Wildman–Crippen LogP) is 2.98. The average Bonchev–Trinajstić information content (AvgIpc) is 2.85. The van der Waals surface area contributed by atoms with Crippen LogP contribution in [0.2, 0.25) is 0 Å². The van der Waals surface area contributed by atoms with E-state index in [0.29, 0.717) is 12.5 Å². The minimum atomic E-state index is -0.890. The highest BCUT2D eigenvalue weighted by molar-refractivity contribution is 5.82. The lowest BCUT2D eigenvalue weighted by molar-refractivity contribution is 0.159. The molecule has 2 aliphatic rings. The normalized spacial score (nSPS) is 21.6. The zero-order chi connectivity index (χ0) is 13.4. The molecule has 1 amide bonds. The maximum atomic E-state index is 11.4. The molecule has 1 unspecified atom stereocenters. The van der Waals surface area contributed by atoms with Gasteiger partial charge < -0.3 is 9.84 Å². The summed E-state index contributed by atoms with van der Waals surface area (Å²) in [6.07, 6.45) is 2.98. The summed E-state index contributed by atoms with van der Waals surface area (Å²) in [6.45, 7) is 3.34. The van der Waals surface area contributed by atoms with Crippen LogP contribution in [0.1, 0.15) is 24.5 Å². The summed E-state index contributed by atoms with van der Waals surface area (Å²) >= 11 is 0. The largest absolute Gasteiger partial charge is 0.493 e. The van der Waals surface area contributed by atoms with Crippen molar-refractivity contribution < 1.29 is 14.6 Å². The summed E-state index contributed by atoms with van der Waals surface area (Å²) in [7, 11) is 0. The number of benzene rings is 1. The third kappa shape index (κ3) is 2.18. The van der Waals surface area contributed by atoms with Gasteiger partial charge in [0, 0.05) is 18.5 Å². The molecule has 0 saturated carbocycles. The SMILES string of the molecule is CC1CC=C(c2ccc3c(c2)OCC3)N(C(=O)O)C1. The molecule has 1 N–H and O–H groups in total. The Bertz CT molecular complexity index is 550. The van der Waals surface area contributed by atoms with Crippen LogP contribution in [0.4, 0.5) is 4.79 Å². The highest BCUT2D eigenvalue weighted by Crippen LogP contribution is 2.33. The van der Waals surface area contributed by atoms with E-state index in [-0.39, 0.29) is 0 Å². The molecule has 3 rings (SSSR count). The monoisotopic (exact) mass is 259 g/mol. The van der Waals surface area contributed by atoms with Crippen molar-refractivity contribution in [3.8, 4) is 5.75 Å². The quantitative estimate of drug-likeness (QED) is 0.843. The Morgan fingerprint density at radius 1 is 1.47 bits per heavy atom. The van der Waals surface area contributed by atoms with Crippen molar-refractivity contribution in [1.82, 2.24) is 4.90 Å². The van der Waals surface area contributed by atoms with Crippen LogP contribution in [0.5, 0.6) is 5.75 Å². The zero-order valence-corrected chi connectivity index (χ0v) is 10.9. The predicted molar refractivity (Wildman–Crippen MR) is 72.1 cm³/mol. The average molecular weight is 259 g/mol. The van der Waals surface area contributed by atoms with E-state index in [1.54, 1.807) is 0 Å². The lowest BCUT2D eigenvalue weighted by Crippen LogP contribution is -2.34. The van der Waals surface area contributed by atoms with Gasteiger partial charge in [-0.05, 0) is 24.0 Å². The van der Waals surface area contributed by atoms with Gasteiger partial charge in [0.2, 0.25) is 0 Å². The molecule has 2 heterocycles. The fraction of sp³-hybridized carbons (Fsp3) is 0.400. The number of hydrogen-bond donors (Lipinski definition) is 1. The molecule has 4 nitrogen and oxygen atoms in total. The van der Waals surface area contributed by atoms with Gasteiger partial charge in [-0.3, -0.25) is 4.90 Å². The fourth-order valence-corrected chi connectivity index (χ4v) is 2.69. The van der Waals surface area contributed by atoms with E-state index in [4.69, 9.17) is 4.74 Å². The topological polar surface area (TPSA) is 49.8 Å². The molecule has 0 saturated heterocycles. The highest BCUT2D eigenvalue weighted by atomic mass is 16.5. The zero-order valence-electron chi connectivity index (χ0n) is 10.9. The van der Waals surface area contributed by atoms with E-state index < -0.39 is 6.09 Å². The first-order chi connectivity index (χ1) is 9.15. The van der Waals surface area contributed by atoms with Gasteiger partial charge in [0.25, 0.3) is 0 Å². The second-order valence-corrected chi connectivity index (χ2v) is 5.24. The summed E-state index contributed by atoms with van der Waals surface area (Å²) in [5, 5.41) is 9.34. The Morgan fingerprint density at radius 3 is 3.11 bits per heavy atom. The third-order valence-electron chi connectivity index (χ3n) is 3.72. The van der Waals surface area contributed by atoms with E-state index in [1.165, 1.54) is 10.5 Å². The Labute approximate surface area is 112 Å². The van der Waals surface area contributed by atoms with Crippen molar-refractivity contribution in [2.45, 2.75) is 19.8 Å². The van der Waals surface area contributed by atoms with E-state index in [2.05, 4.69) is 6.92 Å². The molecule has 1 aromatic rings. The van der Waals surface area contributed by atoms with E-state index in [9.17, 15) is 9.90 Å². The summed E-state index contributed by atoms with van der Waals surface area (Å²) in [5.74, 6) is 1.26. The molecule has 0 bridgehead atoms. The van der Waals surface area contributed by atoms with Crippen LogP contribution in [0.25, 0.3) is 5.70 Å². The van der Waals surface area contributed by atoms with Crippen LogP contribution in [-0.4, -0.2) is 29.3 Å². The lowest BCUT2D eigenvalue weighted by Gasteiger charge is -2.30. The molecule has 0 fully saturated rings. The second-order valence-electron chi connectivity index (χ2n) is 5.24. The summed E-state index contributed by atoms with van der Waals surface area (Å²) in [6, 6.07) is 5.99. The molecule has 2 aliphatic heterocycles. The summed E-state index contributed by atoms with van der Waals surface area (Å²) < 4.78 is 5.55. The van der Waals surface area contributed by atoms with Gasteiger partial charge in [0.1, 0.15) is 5.75 Å². The summed E-state index contributed by atoms with van der Waals surface area (Å²) in [4.78, 5) is 12.8. The highest BCUT2D eigenvalue weighted by Gasteiger charge is 2.25. The van der Waals surface area contributed by atoms with Gasteiger partial charge in [-0.2, -0.15) is 0 Å². The number of rotatable bonds is 1. The van der Waals surface area contributed by atoms with Crippen LogP contribution in [-0.2, 0) is 6.42 Å². The molecule has 0 aliphatic carbocycles. The Morgan fingerprint density at radius 2 is 2.32 bits per heavy atom. The minimum Gasteiger partial charge on any atom is -0.493 e. The fourth-order valence-electron chi connectivity index (χ4n) is 2.69. The van der Waals surface area contributed by atoms with Crippen molar-refractivity contribution in [2.24, 2.45) is 5.92 Å². The van der Waals surface area contributed by atoms with Crippen molar-refractivity contribution in [1.29, 1.82) is 0 Å². The number of carboxylic acid groups (broad SMARTS) is 1. The van der Waals surface area contributed by atoms with Gasteiger partial charge >= 0.3 is 6.09 Å². The first-order valence-electron chi connectivity index (χ1n) is 6.62. The van der Waals surface area contributed by atoms with E-state index in [0.717, 1.165) is 36.5 Å². The van der Waals surface area contributed by atoms with Crippen molar-refractivity contribution >= 4 is 11.8 Å².